The van der Waals surface area contributed by atoms with E-state index < -0.39 is 10.0 Å². The number of piperidine rings is 1. The number of nitrogens with zero attached hydrogens (tertiary/aromatic N) is 2. The largest absolute Gasteiger partial charge is 0.343 e. The van der Waals surface area contributed by atoms with Gasteiger partial charge in [-0.15, -0.1) is 0 Å². The summed E-state index contributed by atoms with van der Waals surface area (Å²) in [6.07, 6.45) is 3.33. The second kappa shape index (κ2) is 7.53. The molecule has 1 saturated heterocycles. The van der Waals surface area contributed by atoms with Crippen molar-refractivity contribution in [2.24, 2.45) is 5.92 Å². The molecule has 1 aromatic rings. The SMILES string of the molecule is CC1CCN(C(=O)CCN(c2cccc(Cl)c2)S(C)(=O)=O)CC1. The number of likely N-dealkylation sites (tertiary alicyclic amines) is 1. The summed E-state index contributed by atoms with van der Waals surface area (Å²) >= 11 is 5.94. The zero-order valence-corrected chi connectivity index (χ0v) is 15.1. The van der Waals surface area contributed by atoms with E-state index in [2.05, 4.69) is 6.92 Å². The van der Waals surface area contributed by atoms with Crippen LogP contribution in [-0.4, -0.2) is 45.1 Å². The van der Waals surface area contributed by atoms with Crippen LogP contribution in [-0.2, 0) is 14.8 Å². The molecule has 1 aliphatic heterocycles. The van der Waals surface area contributed by atoms with Crippen LogP contribution in [0, 0.1) is 5.92 Å². The highest BCUT2D eigenvalue weighted by atomic mass is 35.5. The molecular weight excluding hydrogens is 336 g/mol. The quantitative estimate of drug-likeness (QED) is 0.813. The van der Waals surface area contributed by atoms with Crippen molar-refractivity contribution in [3.63, 3.8) is 0 Å². The Bertz CT molecular complexity index is 655. The topological polar surface area (TPSA) is 57.7 Å². The van der Waals surface area contributed by atoms with Gasteiger partial charge in [0, 0.05) is 31.1 Å². The lowest BCUT2D eigenvalue weighted by Gasteiger charge is -2.31. The number of hydrogen-bond acceptors (Lipinski definition) is 3. The van der Waals surface area contributed by atoms with E-state index in [1.54, 1.807) is 24.3 Å². The third-order valence-corrected chi connectivity index (χ3v) is 5.59. The van der Waals surface area contributed by atoms with Gasteiger partial charge in [-0.2, -0.15) is 0 Å². The number of carbonyl (C=O) groups excluding carboxylic acids is 1. The third-order valence-electron chi connectivity index (χ3n) is 4.16. The maximum atomic E-state index is 12.3. The lowest BCUT2D eigenvalue weighted by molar-refractivity contribution is -0.132. The highest BCUT2D eigenvalue weighted by Crippen LogP contribution is 2.22. The molecule has 0 atom stereocenters. The number of benzene rings is 1. The van der Waals surface area contributed by atoms with Crippen LogP contribution in [0.1, 0.15) is 26.2 Å². The van der Waals surface area contributed by atoms with Crippen molar-refractivity contribution >= 4 is 33.2 Å². The van der Waals surface area contributed by atoms with Crippen molar-refractivity contribution in [2.75, 3.05) is 30.2 Å². The number of sulfonamides is 1. The molecular formula is C16H23ClN2O3S. The molecule has 0 radical (unpaired) electrons. The molecule has 2 rings (SSSR count). The highest BCUT2D eigenvalue weighted by molar-refractivity contribution is 7.92. The minimum atomic E-state index is -3.47. The molecule has 0 bridgehead atoms. The second-order valence-electron chi connectivity index (χ2n) is 6.13. The minimum absolute atomic E-state index is 0.00702. The molecule has 1 aromatic carbocycles. The van der Waals surface area contributed by atoms with Crippen LogP contribution in [0.3, 0.4) is 0 Å². The average Bonchev–Trinajstić information content (AvgIpc) is 2.46. The van der Waals surface area contributed by atoms with E-state index in [4.69, 9.17) is 11.6 Å². The molecule has 0 aliphatic carbocycles. The minimum Gasteiger partial charge on any atom is -0.343 e. The van der Waals surface area contributed by atoms with Crippen molar-refractivity contribution in [2.45, 2.75) is 26.2 Å². The number of rotatable bonds is 5. The first-order valence-corrected chi connectivity index (χ1v) is 10.0. The summed E-state index contributed by atoms with van der Waals surface area (Å²) in [7, 11) is -3.47. The molecule has 0 saturated carbocycles. The van der Waals surface area contributed by atoms with E-state index in [9.17, 15) is 13.2 Å². The fraction of sp³-hybridized carbons (Fsp3) is 0.562. The van der Waals surface area contributed by atoms with Gasteiger partial charge in [-0.25, -0.2) is 8.42 Å². The van der Waals surface area contributed by atoms with E-state index in [0.29, 0.717) is 16.6 Å². The molecule has 0 spiro atoms. The zero-order valence-electron chi connectivity index (χ0n) is 13.5. The molecule has 1 amide bonds. The Morgan fingerprint density at radius 2 is 2.00 bits per heavy atom. The van der Waals surface area contributed by atoms with Crippen LogP contribution in [0.4, 0.5) is 5.69 Å². The van der Waals surface area contributed by atoms with Gasteiger partial charge in [0.15, 0.2) is 0 Å². The number of amides is 1. The van der Waals surface area contributed by atoms with Crippen LogP contribution in [0.5, 0.6) is 0 Å². The van der Waals surface area contributed by atoms with Crippen LogP contribution < -0.4 is 4.31 Å². The van der Waals surface area contributed by atoms with E-state index in [0.717, 1.165) is 32.2 Å². The fourth-order valence-corrected chi connectivity index (χ4v) is 3.83. The Kier molecular flexibility index (Phi) is 5.92. The highest BCUT2D eigenvalue weighted by Gasteiger charge is 2.23. The third kappa shape index (κ3) is 5.11. The van der Waals surface area contributed by atoms with Gasteiger partial charge in [0.25, 0.3) is 0 Å². The van der Waals surface area contributed by atoms with Gasteiger partial charge in [-0.05, 0) is 37.0 Å². The lowest BCUT2D eigenvalue weighted by atomic mass is 9.99. The Morgan fingerprint density at radius 3 is 2.57 bits per heavy atom. The summed E-state index contributed by atoms with van der Waals surface area (Å²) in [4.78, 5) is 14.1. The summed E-state index contributed by atoms with van der Waals surface area (Å²) in [6, 6.07) is 6.66. The maximum absolute atomic E-state index is 12.3. The maximum Gasteiger partial charge on any atom is 0.232 e. The smallest absolute Gasteiger partial charge is 0.232 e. The normalized spacial score (nSPS) is 16.4. The summed E-state index contributed by atoms with van der Waals surface area (Å²) < 4.78 is 25.3. The number of carbonyl (C=O) groups is 1. The Labute approximate surface area is 143 Å². The van der Waals surface area contributed by atoms with Crippen LogP contribution in [0.2, 0.25) is 5.02 Å². The van der Waals surface area contributed by atoms with Crippen LogP contribution in [0.15, 0.2) is 24.3 Å². The molecule has 128 valence electrons. The zero-order chi connectivity index (χ0) is 17.0. The summed E-state index contributed by atoms with van der Waals surface area (Å²) in [5, 5.41) is 0.465. The van der Waals surface area contributed by atoms with Crippen molar-refractivity contribution in [1.82, 2.24) is 4.90 Å². The van der Waals surface area contributed by atoms with Gasteiger partial charge < -0.3 is 4.90 Å². The van der Waals surface area contributed by atoms with Gasteiger partial charge in [0.2, 0.25) is 15.9 Å². The summed E-state index contributed by atoms with van der Waals surface area (Å²) in [5.74, 6) is 0.658. The molecule has 0 N–H and O–H groups in total. The van der Waals surface area contributed by atoms with Crippen molar-refractivity contribution < 1.29 is 13.2 Å². The van der Waals surface area contributed by atoms with Crippen molar-refractivity contribution in [1.29, 1.82) is 0 Å². The van der Waals surface area contributed by atoms with E-state index in [1.807, 2.05) is 4.90 Å². The average molecular weight is 359 g/mol. The summed E-state index contributed by atoms with van der Waals surface area (Å²) in [6.45, 7) is 3.84. The first-order valence-electron chi connectivity index (χ1n) is 7.78. The Balaban J connectivity index is 2.03. The van der Waals surface area contributed by atoms with E-state index >= 15 is 0 Å². The van der Waals surface area contributed by atoms with Crippen LogP contribution >= 0.6 is 11.6 Å². The predicted octanol–water partition coefficient (Wildman–Crippen LogP) is 2.75. The van der Waals surface area contributed by atoms with Crippen molar-refractivity contribution in [3.05, 3.63) is 29.3 Å². The first-order chi connectivity index (χ1) is 10.8. The number of hydrogen-bond donors (Lipinski definition) is 0. The lowest BCUT2D eigenvalue weighted by Crippen LogP contribution is -2.40. The monoisotopic (exact) mass is 358 g/mol. The standard InChI is InChI=1S/C16H23ClN2O3S/c1-13-6-9-18(10-7-13)16(20)8-11-19(23(2,21)22)15-5-3-4-14(17)12-15/h3-5,12-13H,6-11H2,1-2H3. The van der Waals surface area contributed by atoms with Gasteiger partial charge in [0.05, 0.1) is 11.9 Å². The van der Waals surface area contributed by atoms with E-state index in [1.165, 1.54) is 4.31 Å². The number of halogens is 1. The molecule has 7 heteroatoms. The fourth-order valence-electron chi connectivity index (χ4n) is 2.73. The molecule has 5 nitrogen and oxygen atoms in total. The molecule has 1 heterocycles. The van der Waals surface area contributed by atoms with Gasteiger partial charge in [0.1, 0.15) is 0 Å². The van der Waals surface area contributed by atoms with Gasteiger partial charge in [-0.3, -0.25) is 9.10 Å². The molecule has 0 aromatic heterocycles. The van der Waals surface area contributed by atoms with E-state index in [-0.39, 0.29) is 18.9 Å². The van der Waals surface area contributed by atoms with Crippen LogP contribution in [0.25, 0.3) is 0 Å². The Morgan fingerprint density at radius 1 is 1.35 bits per heavy atom. The van der Waals surface area contributed by atoms with Crippen molar-refractivity contribution in [3.8, 4) is 0 Å². The second-order valence-corrected chi connectivity index (χ2v) is 8.47. The molecule has 0 unspecified atom stereocenters. The number of anilines is 1. The van der Waals surface area contributed by atoms with Gasteiger partial charge >= 0.3 is 0 Å². The Hall–Kier alpha value is -1.27. The predicted molar refractivity (Wildman–Crippen MR) is 93.2 cm³/mol. The molecule has 23 heavy (non-hydrogen) atoms. The summed E-state index contributed by atoms with van der Waals surface area (Å²) in [5.41, 5.74) is 0.486. The first kappa shape index (κ1) is 18.1. The molecule has 1 fully saturated rings. The molecule has 1 aliphatic rings. The van der Waals surface area contributed by atoms with Gasteiger partial charge in [-0.1, -0.05) is 24.6 Å².